The number of carbonyl (C=O) groups is 1. The number of nitrogens with zero attached hydrogens (tertiary/aromatic N) is 3. The third-order valence-electron chi connectivity index (χ3n) is 4.71. The highest BCUT2D eigenvalue weighted by Gasteiger charge is 2.13. The number of ether oxygens (including phenoxy) is 2. The predicted octanol–water partition coefficient (Wildman–Crippen LogP) is 3.76. The second kappa shape index (κ2) is 8.54. The number of hydrogen-bond acceptors (Lipinski definition) is 6. The second-order valence-corrected chi connectivity index (χ2v) is 7.67. The highest BCUT2D eigenvalue weighted by atomic mass is 32.1. The molecule has 4 aromatic rings. The number of carbonyl (C=O) groups excluding carboxylic acids is 1. The maximum absolute atomic E-state index is 12.5. The summed E-state index contributed by atoms with van der Waals surface area (Å²) in [5, 5.41) is 9.62. The summed E-state index contributed by atoms with van der Waals surface area (Å²) in [6.07, 6.45) is 0.642. The quantitative estimate of drug-likeness (QED) is 0.491. The molecule has 4 rings (SSSR count). The molecule has 1 N–H and O–H groups in total. The lowest BCUT2D eigenvalue weighted by atomic mass is 10.1. The molecule has 0 saturated carbocycles. The van der Waals surface area contributed by atoms with Crippen molar-refractivity contribution in [1.82, 2.24) is 19.9 Å². The van der Waals surface area contributed by atoms with Gasteiger partial charge in [0.05, 0.1) is 19.9 Å². The van der Waals surface area contributed by atoms with Gasteiger partial charge in [0.25, 0.3) is 5.91 Å². The van der Waals surface area contributed by atoms with E-state index in [-0.39, 0.29) is 5.91 Å². The van der Waals surface area contributed by atoms with Gasteiger partial charge in [-0.1, -0.05) is 23.8 Å². The van der Waals surface area contributed by atoms with Crippen LogP contribution in [-0.2, 0) is 6.42 Å². The van der Waals surface area contributed by atoms with Crippen LogP contribution in [-0.4, -0.2) is 41.3 Å². The molecule has 30 heavy (non-hydrogen) atoms. The fourth-order valence-electron chi connectivity index (χ4n) is 3.15. The maximum atomic E-state index is 12.5. The van der Waals surface area contributed by atoms with Gasteiger partial charge < -0.3 is 14.8 Å². The van der Waals surface area contributed by atoms with E-state index in [0.717, 1.165) is 16.2 Å². The first-order valence-electron chi connectivity index (χ1n) is 9.49. The summed E-state index contributed by atoms with van der Waals surface area (Å²) < 4.78 is 12.3. The maximum Gasteiger partial charge on any atom is 0.251 e. The first-order valence-corrected chi connectivity index (χ1v) is 10.4. The van der Waals surface area contributed by atoms with Crippen LogP contribution in [0.25, 0.3) is 16.3 Å². The molecule has 0 atom stereocenters. The van der Waals surface area contributed by atoms with E-state index in [4.69, 9.17) is 9.47 Å². The molecule has 0 saturated heterocycles. The minimum Gasteiger partial charge on any atom is -0.497 e. The fraction of sp³-hybridized carbons (Fsp3) is 0.227. The number of methoxy groups -OCH3 is 2. The lowest BCUT2D eigenvalue weighted by molar-refractivity contribution is 0.0953. The molecule has 0 aliphatic rings. The molecule has 2 heterocycles. The molecule has 7 nitrogen and oxygen atoms in total. The van der Waals surface area contributed by atoms with Crippen molar-refractivity contribution in [2.75, 3.05) is 20.8 Å². The number of aryl methyl sites for hydroxylation is 1. The SMILES string of the molecule is COc1cc(OC)cc(C(=O)NCCc2csc3nc(-c4cccc(C)c4)nn23)c1. The summed E-state index contributed by atoms with van der Waals surface area (Å²) in [6, 6.07) is 13.2. The highest BCUT2D eigenvalue weighted by Crippen LogP contribution is 2.23. The van der Waals surface area contributed by atoms with Gasteiger partial charge >= 0.3 is 0 Å². The van der Waals surface area contributed by atoms with Gasteiger partial charge in [-0.25, -0.2) is 4.52 Å². The van der Waals surface area contributed by atoms with Gasteiger partial charge in [0, 0.05) is 35.5 Å². The monoisotopic (exact) mass is 422 g/mol. The van der Waals surface area contributed by atoms with Gasteiger partial charge in [-0.3, -0.25) is 4.79 Å². The Hall–Kier alpha value is -3.39. The van der Waals surface area contributed by atoms with E-state index in [1.807, 2.05) is 35.0 Å². The number of hydrogen-bond donors (Lipinski definition) is 1. The van der Waals surface area contributed by atoms with Crippen LogP contribution in [0.4, 0.5) is 0 Å². The van der Waals surface area contributed by atoms with E-state index in [9.17, 15) is 4.79 Å². The number of fused-ring (bicyclic) bond motifs is 1. The van der Waals surface area contributed by atoms with Gasteiger partial charge in [0.15, 0.2) is 5.82 Å². The summed E-state index contributed by atoms with van der Waals surface area (Å²) >= 11 is 1.54. The fourth-order valence-corrected chi connectivity index (χ4v) is 4.00. The van der Waals surface area contributed by atoms with Crippen molar-refractivity contribution < 1.29 is 14.3 Å². The first kappa shape index (κ1) is 19.9. The van der Waals surface area contributed by atoms with Crippen LogP contribution in [0.5, 0.6) is 11.5 Å². The second-order valence-electron chi connectivity index (χ2n) is 6.83. The Balaban J connectivity index is 1.45. The molecule has 8 heteroatoms. The van der Waals surface area contributed by atoms with Crippen molar-refractivity contribution in [3.8, 4) is 22.9 Å². The Morgan fingerprint density at radius 2 is 1.90 bits per heavy atom. The van der Waals surface area contributed by atoms with E-state index < -0.39 is 0 Å². The lowest BCUT2D eigenvalue weighted by Crippen LogP contribution is -2.26. The van der Waals surface area contributed by atoms with Crippen molar-refractivity contribution in [2.45, 2.75) is 13.3 Å². The van der Waals surface area contributed by atoms with Gasteiger partial charge in [-0.15, -0.1) is 16.4 Å². The number of amides is 1. The number of aromatic nitrogens is 3. The van der Waals surface area contributed by atoms with Crippen molar-refractivity contribution in [3.05, 3.63) is 64.7 Å². The van der Waals surface area contributed by atoms with Gasteiger partial charge in [-0.2, -0.15) is 4.98 Å². The van der Waals surface area contributed by atoms with E-state index in [0.29, 0.717) is 35.9 Å². The third kappa shape index (κ3) is 4.13. The van der Waals surface area contributed by atoms with Crippen molar-refractivity contribution in [1.29, 1.82) is 0 Å². The number of nitrogens with one attached hydrogen (secondary N) is 1. The summed E-state index contributed by atoms with van der Waals surface area (Å²) in [5.74, 6) is 1.67. The largest absolute Gasteiger partial charge is 0.497 e. The van der Waals surface area contributed by atoms with E-state index in [1.54, 1.807) is 43.8 Å². The Morgan fingerprint density at radius 3 is 2.60 bits per heavy atom. The molecule has 0 spiro atoms. The third-order valence-corrected chi connectivity index (χ3v) is 5.57. The Bertz CT molecular complexity index is 1180. The normalized spacial score (nSPS) is 10.9. The molecule has 0 unspecified atom stereocenters. The average Bonchev–Trinajstić information content (AvgIpc) is 3.35. The number of thiazole rings is 1. The smallest absolute Gasteiger partial charge is 0.251 e. The zero-order valence-corrected chi connectivity index (χ0v) is 17.8. The molecular weight excluding hydrogens is 400 g/mol. The first-order chi connectivity index (χ1) is 14.6. The van der Waals surface area contributed by atoms with Crippen LogP contribution in [0.3, 0.4) is 0 Å². The Kier molecular flexibility index (Phi) is 5.67. The topological polar surface area (TPSA) is 77.8 Å². The van der Waals surface area contributed by atoms with E-state index in [1.165, 1.54) is 5.56 Å². The average molecular weight is 423 g/mol. The van der Waals surface area contributed by atoms with Crippen molar-refractivity contribution >= 4 is 22.2 Å². The summed E-state index contributed by atoms with van der Waals surface area (Å²) in [7, 11) is 3.11. The van der Waals surface area contributed by atoms with Crippen molar-refractivity contribution in [3.63, 3.8) is 0 Å². The molecular formula is C22H22N4O3S. The standard InChI is InChI=1S/C22H22N4O3S/c1-14-5-4-6-15(9-14)20-24-22-26(25-20)17(13-30-22)7-8-23-21(27)16-10-18(28-2)12-19(11-16)29-3/h4-6,9-13H,7-8H2,1-3H3,(H,23,27). The van der Waals surface area contributed by atoms with Crippen LogP contribution in [0.15, 0.2) is 47.8 Å². The lowest BCUT2D eigenvalue weighted by Gasteiger charge is -2.09. The molecule has 0 fully saturated rings. The molecule has 0 aliphatic carbocycles. The molecule has 154 valence electrons. The van der Waals surface area contributed by atoms with Gasteiger partial charge in [-0.05, 0) is 25.1 Å². The van der Waals surface area contributed by atoms with Crippen LogP contribution in [0.1, 0.15) is 21.6 Å². The molecule has 0 aliphatic heterocycles. The molecule has 2 aromatic carbocycles. The minimum absolute atomic E-state index is 0.183. The van der Waals surface area contributed by atoms with Crippen LogP contribution < -0.4 is 14.8 Å². The summed E-state index contributed by atoms with van der Waals surface area (Å²) in [4.78, 5) is 18.0. The molecule has 0 bridgehead atoms. The van der Waals surface area contributed by atoms with Gasteiger partial charge in [0.1, 0.15) is 11.5 Å². The summed E-state index contributed by atoms with van der Waals surface area (Å²) in [6.45, 7) is 2.53. The van der Waals surface area contributed by atoms with Crippen LogP contribution >= 0.6 is 11.3 Å². The zero-order valence-electron chi connectivity index (χ0n) is 17.0. The zero-order chi connectivity index (χ0) is 21.1. The van der Waals surface area contributed by atoms with E-state index >= 15 is 0 Å². The van der Waals surface area contributed by atoms with Crippen LogP contribution in [0, 0.1) is 6.92 Å². The van der Waals surface area contributed by atoms with Crippen LogP contribution in [0.2, 0.25) is 0 Å². The summed E-state index contributed by atoms with van der Waals surface area (Å²) in [5.41, 5.74) is 3.66. The Labute approximate surface area is 178 Å². The van der Waals surface area contributed by atoms with E-state index in [2.05, 4.69) is 21.5 Å². The Morgan fingerprint density at radius 1 is 1.13 bits per heavy atom. The minimum atomic E-state index is -0.183. The molecule has 1 amide bonds. The highest BCUT2D eigenvalue weighted by molar-refractivity contribution is 7.15. The van der Waals surface area contributed by atoms with Gasteiger partial charge in [0.2, 0.25) is 4.96 Å². The number of benzene rings is 2. The molecule has 0 radical (unpaired) electrons. The number of rotatable bonds is 7. The van der Waals surface area contributed by atoms with Crippen molar-refractivity contribution in [2.24, 2.45) is 0 Å². The predicted molar refractivity (Wildman–Crippen MR) is 117 cm³/mol. The molecule has 2 aromatic heterocycles.